The summed E-state index contributed by atoms with van der Waals surface area (Å²) >= 11 is 1.84. The summed E-state index contributed by atoms with van der Waals surface area (Å²) in [5, 5.41) is 5.65. The van der Waals surface area contributed by atoms with Gasteiger partial charge in [0.15, 0.2) is 0 Å². The smallest absolute Gasteiger partial charge is 0.118 e. The number of aryl methyl sites for hydroxylation is 1. The molecule has 4 heteroatoms. The second kappa shape index (κ2) is 6.77. The van der Waals surface area contributed by atoms with Gasteiger partial charge >= 0.3 is 0 Å². The number of hydrogen-bond donors (Lipinski definition) is 1. The van der Waals surface area contributed by atoms with Crippen LogP contribution in [0, 0.1) is 6.92 Å². The zero-order valence-electron chi connectivity index (χ0n) is 12.9. The van der Waals surface area contributed by atoms with Crippen LogP contribution in [0.3, 0.4) is 0 Å². The van der Waals surface area contributed by atoms with Crippen LogP contribution < -0.4 is 5.32 Å². The molecule has 2 aromatic heterocycles. The van der Waals surface area contributed by atoms with Gasteiger partial charge in [-0.2, -0.15) is 0 Å². The van der Waals surface area contributed by atoms with Crippen molar-refractivity contribution < 1.29 is 4.42 Å². The van der Waals surface area contributed by atoms with Gasteiger partial charge in [-0.05, 0) is 50.7 Å². The lowest BCUT2D eigenvalue weighted by Crippen LogP contribution is -2.20. The maximum atomic E-state index is 5.86. The number of hydrogen-bond acceptors (Lipinski definition) is 4. The molecule has 0 aromatic carbocycles. The number of nitrogens with one attached hydrogen (secondary N) is 1. The predicted molar refractivity (Wildman–Crippen MR) is 87.7 cm³/mol. The molecule has 0 bridgehead atoms. The minimum atomic E-state index is 0.729. The quantitative estimate of drug-likeness (QED) is 0.808. The largest absolute Gasteiger partial charge is 0.465 e. The number of rotatable bonds is 8. The van der Waals surface area contributed by atoms with Crippen molar-refractivity contribution in [3.05, 3.63) is 45.5 Å². The molecular weight excluding hydrogens is 280 g/mol. The fourth-order valence-electron chi connectivity index (χ4n) is 2.49. The summed E-state index contributed by atoms with van der Waals surface area (Å²) in [4.78, 5) is 3.83. The summed E-state index contributed by atoms with van der Waals surface area (Å²) in [5.41, 5.74) is 1.32. The van der Waals surface area contributed by atoms with Crippen LogP contribution in [0.2, 0.25) is 0 Å². The molecule has 0 amide bonds. The van der Waals surface area contributed by atoms with Gasteiger partial charge < -0.3 is 14.6 Å². The predicted octanol–water partition coefficient (Wildman–Crippen LogP) is 3.58. The van der Waals surface area contributed by atoms with Crippen molar-refractivity contribution in [3.8, 4) is 0 Å². The van der Waals surface area contributed by atoms with E-state index >= 15 is 0 Å². The van der Waals surface area contributed by atoms with Crippen LogP contribution in [0.1, 0.15) is 34.8 Å². The van der Waals surface area contributed by atoms with Crippen molar-refractivity contribution in [2.45, 2.75) is 45.3 Å². The Labute approximate surface area is 131 Å². The summed E-state index contributed by atoms with van der Waals surface area (Å²) in [6.07, 6.45) is 3.76. The summed E-state index contributed by atoms with van der Waals surface area (Å²) in [7, 11) is 2.18. The van der Waals surface area contributed by atoms with E-state index in [-0.39, 0.29) is 0 Å². The first kappa shape index (κ1) is 14.8. The summed E-state index contributed by atoms with van der Waals surface area (Å²) in [6, 6.07) is 7.28. The molecular formula is C17H24N2OS. The molecule has 2 heterocycles. The molecule has 0 saturated heterocycles. The van der Waals surface area contributed by atoms with Crippen LogP contribution in [-0.2, 0) is 19.5 Å². The SMILES string of the molecule is Cc1oc(CNC2CC2)cc1CN(C)CCc1cccs1. The molecule has 1 aliphatic rings. The number of nitrogens with zero attached hydrogens (tertiary/aromatic N) is 1. The van der Waals surface area contributed by atoms with Gasteiger partial charge in [0.1, 0.15) is 11.5 Å². The Morgan fingerprint density at radius 2 is 2.29 bits per heavy atom. The van der Waals surface area contributed by atoms with E-state index in [4.69, 9.17) is 4.42 Å². The highest BCUT2D eigenvalue weighted by Crippen LogP contribution is 2.21. The molecule has 2 aromatic rings. The monoisotopic (exact) mass is 304 g/mol. The van der Waals surface area contributed by atoms with Crippen LogP contribution in [0.15, 0.2) is 28.0 Å². The van der Waals surface area contributed by atoms with Crippen molar-refractivity contribution in [1.29, 1.82) is 0 Å². The minimum absolute atomic E-state index is 0.729. The van der Waals surface area contributed by atoms with Crippen molar-refractivity contribution in [3.63, 3.8) is 0 Å². The molecule has 1 aliphatic carbocycles. The summed E-state index contributed by atoms with van der Waals surface area (Å²) in [6.45, 7) is 4.98. The molecule has 3 nitrogen and oxygen atoms in total. The highest BCUT2D eigenvalue weighted by atomic mass is 32.1. The van der Waals surface area contributed by atoms with E-state index in [9.17, 15) is 0 Å². The van der Waals surface area contributed by atoms with Gasteiger partial charge in [0.25, 0.3) is 0 Å². The first-order valence-corrected chi connectivity index (χ1v) is 8.61. The average molecular weight is 304 g/mol. The lowest BCUT2D eigenvalue weighted by Gasteiger charge is -2.15. The molecule has 0 atom stereocenters. The van der Waals surface area contributed by atoms with Crippen molar-refractivity contribution >= 4 is 11.3 Å². The van der Waals surface area contributed by atoms with Gasteiger partial charge in [-0.15, -0.1) is 11.3 Å². The van der Waals surface area contributed by atoms with Crippen molar-refractivity contribution in [2.75, 3.05) is 13.6 Å². The second-order valence-electron chi connectivity index (χ2n) is 6.02. The Balaban J connectivity index is 1.48. The third kappa shape index (κ3) is 4.43. The van der Waals surface area contributed by atoms with E-state index in [1.165, 1.54) is 23.3 Å². The highest BCUT2D eigenvalue weighted by Gasteiger charge is 2.21. The molecule has 3 rings (SSSR count). The average Bonchev–Trinajstić information content (AvgIpc) is 3.02. The van der Waals surface area contributed by atoms with E-state index in [1.54, 1.807) is 0 Å². The Hall–Kier alpha value is -1.10. The van der Waals surface area contributed by atoms with Gasteiger partial charge in [0.05, 0.1) is 6.54 Å². The Kier molecular flexibility index (Phi) is 4.78. The van der Waals surface area contributed by atoms with Gasteiger partial charge in [-0.1, -0.05) is 6.07 Å². The Bertz CT molecular complexity index is 557. The van der Waals surface area contributed by atoms with Crippen LogP contribution in [0.4, 0.5) is 0 Å². The van der Waals surface area contributed by atoms with E-state index in [2.05, 4.69) is 47.8 Å². The third-order valence-corrected chi connectivity index (χ3v) is 4.91. The summed E-state index contributed by atoms with van der Waals surface area (Å²) < 4.78 is 5.86. The van der Waals surface area contributed by atoms with E-state index in [1.807, 2.05) is 11.3 Å². The van der Waals surface area contributed by atoms with E-state index in [0.29, 0.717) is 0 Å². The van der Waals surface area contributed by atoms with Gasteiger partial charge in [0, 0.05) is 29.6 Å². The molecule has 1 saturated carbocycles. The van der Waals surface area contributed by atoms with Gasteiger partial charge in [-0.3, -0.25) is 0 Å². The Morgan fingerprint density at radius 3 is 3.00 bits per heavy atom. The zero-order chi connectivity index (χ0) is 14.7. The summed E-state index contributed by atoms with van der Waals surface area (Å²) in [5.74, 6) is 2.13. The van der Waals surface area contributed by atoms with E-state index < -0.39 is 0 Å². The van der Waals surface area contributed by atoms with Gasteiger partial charge in [-0.25, -0.2) is 0 Å². The zero-order valence-corrected chi connectivity index (χ0v) is 13.7. The first-order chi connectivity index (χ1) is 10.2. The van der Waals surface area contributed by atoms with E-state index in [0.717, 1.165) is 43.6 Å². The molecule has 1 N–H and O–H groups in total. The topological polar surface area (TPSA) is 28.4 Å². The van der Waals surface area contributed by atoms with Crippen molar-refractivity contribution in [2.24, 2.45) is 0 Å². The second-order valence-corrected chi connectivity index (χ2v) is 7.05. The van der Waals surface area contributed by atoms with Crippen molar-refractivity contribution in [1.82, 2.24) is 10.2 Å². The van der Waals surface area contributed by atoms with Crippen LogP contribution in [0.25, 0.3) is 0 Å². The molecule has 21 heavy (non-hydrogen) atoms. The van der Waals surface area contributed by atoms with Crippen LogP contribution >= 0.6 is 11.3 Å². The maximum Gasteiger partial charge on any atom is 0.118 e. The standard InChI is InChI=1S/C17H24N2OS/c1-13-14(10-16(20-13)11-18-15-5-6-15)12-19(2)8-7-17-4-3-9-21-17/h3-4,9-10,15,18H,5-8,11-12H2,1-2H3. The fourth-order valence-corrected chi connectivity index (χ4v) is 3.19. The molecule has 0 unspecified atom stereocenters. The molecule has 1 fully saturated rings. The lowest BCUT2D eigenvalue weighted by atomic mass is 10.2. The number of likely N-dealkylation sites (N-methyl/N-ethyl adjacent to an activating group) is 1. The molecule has 0 spiro atoms. The Morgan fingerprint density at radius 1 is 1.43 bits per heavy atom. The lowest BCUT2D eigenvalue weighted by molar-refractivity contribution is 0.329. The third-order valence-electron chi connectivity index (χ3n) is 3.97. The van der Waals surface area contributed by atoms with Gasteiger partial charge in [0.2, 0.25) is 0 Å². The van der Waals surface area contributed by atoms with Crippen LogP contribution in [0.5, 0.6) is 0 Å². The van der Waals surface area contributed by atoms with Crippen LogP contribution in [-0.4, -0.2) is 24.5 Å². The first-order valence-electron chi connectivity index (χ1n) is 7.73. The fraction of sp³-hybridized carbons (Fsp3) is 0.529. The molecule has 0 aliphatic heterocycles. The minimum Gasteiger partial charge on any atom is -0.465 e. The number of furan rings is 1. The maximum absolute atomic E-state index is 5.86. The molecule has 0 radical (unpaired) electrons. The highest BCUT2D eigenvalue weighted by molar-refractivity contribution is 7.09. The normalized spacial score (nSPS) is 15.0. The number of thiophene rings is 1. The molecule has 114 valence electrons.